The van der Waals surface area contributed by atoms with Crippen molar-refractivity contribution >= 4 is 23.6 Å². The van der Waals surface area contributed by atoms with Gasteiger partial charge in [0.25, 0.3) is 5.91 Å². The van der Waals surface area contributed by atoms with Gasteiger partial charge in [-0.15, -0.1) is 0 Å². The third kappa shape index (κ3) is 3.77. The molecular weight excluding hydrogens is 288 g/mol. The minimum atomic E-state index is -1.12. The van der Waals surface area contributed by atoms with Crippen LogP contribution in [0.3, 0.4) is 0 Å². The second-order valence-electron chi connectivity index (χ2n) is 5.58. The zero-order chi connectivity index (χ0) is 15.5. The molecule has 1 unspecified atom stereocenters. The molecule has 0 aliphatic carbocycles. The van der Waals surface area contributed by atoms with E-state index >= 15 is 0 Å². The Morgan fingerprint density at radius 3 is 2.48 bits per heavy atom. The van der Waals surface area contributed by atoms with Gasteiger partial charge >= 0.3 is 5.97 Å². The van der Waals surface area contributed by atoms with E-state index in [2.05, 4.69) is 5.32 Å². The van der Waals surface area contributed by atoms with Crippen LogP contribution in [0, 0.1) is 0 Å². The fourth-order valence-corrected chi connectivity index (χ4v) is 3.63. The lowest BCUT2D eigenvalue weighted by Gasteiger charge is -2.24. The van der Waals surface area contributed by atoms with Gasteiger partial charge in [0.05, 0.1) is 0 Å². The highest BCUT2D eigenvalue weighted by atomic mass is 32.2. The first-order valence-electron chi connectivity index (χ1n) is 6.80. The summed E-state index contributed by atoms with van der Waals surface area (Å²) in [4.78, 5) is 25.7. The van der Waals surface area contributed by atoms with Crippen molar-refractivity contribution in [2.75, 3.05) is 25.6 Å². The topological polar surface area (TPSA) is 69.6 Å². The van der Waals surface area contributed by atoms with Gasteiger partial charge in [-0.1, -0.05) is 12.1 Å². The molecule has 21 heavy (non-hydrogen) atoms. The number of carboxylic acid groups (broad SMARTS) is 1. The molecule has 2 rings (SSSR count). The number of carbonyl (C=O) groups is 2. The number of thioether (sulfide) groups is 1. The minimum absolute atomic E-state index is 0.323. The molecule has 5 nitrogen and oxygen atoms in total. The molecule has 1 aliphatic heterocycles. The van der Waals surface area contributed by atoms with Crippen molar-refractivity contribution in [1.82, 2.24) is 10.2 Å². The van der Waals surface area contributed by atoms with Gasteiger partial charge in [0, 0.05) is 17.9 Å². The van der Waals surface area contributed by atoms with Gasteiger partial charge in [-0.3, -0.25) is 4.79 Å². The van der Waals surface area contributed by atoms with E-state index in [0.717, 1.165) is 17.9 Å². The standard InChI is InChI=1S/C15H20N2O3S/c1-17(2)9-11-3-5-12(6-4-11)13(18)16-15(14(19)20)7-8-21-10-15/h3-6H,7-10H2,1-2H3,(H,16,18)(H,19,20). The molecule has 0 radical (unpaired) electrons. The van der Waals surface area contributed by atoms with Crippen LogP contribution in [0.5, 0.6) is 0 Å². The van der Waals surface area contributed by atoms with E-state index in [-0.39, 0.29) is 5.91 Å². The molecule has 1 saturated heterocycles. The number of rotatable bonds is 5. The average molecular weight is 308 g/mol. The SMILES string of the molecule is CN(C)Cc1ccc(C(=O)NC2(C(=O)O)CCSC2)cc1. The van der Waals surface area contributed by atoms with Gasteiger partial charge in [0.2, 0.25) is 0 Å². The van der Waals surface area contributed by atoms with E-state index in [9.17, 15) is 14.7 Å². The lowest BCUT2D eigenvalue weighted by atomic mass is 9.98. The number of carbonyl (C=O) groups excluding carboxylic acids is 1. The first-order valence-corrected chi connectivity index (χ1v) is 7.96. The number of benzene rings is 1. The summed E-state index contributed by atoms with van der Waals surface area (Å²) in [6, 6.07) is 7.27. The van der Waals surface area contributed by atoms with E-state index in [1.165, 1.54) is 0 Å². The predicted octanol–water partition coefficient (Wildman–Crippen LogP) is 1.44. The van der Waals surface area contributed by atoms with E-state index in [4.69, 9.17) is 0 Å². The zero-order valence-corrected chi connectivity index (χ0v) is 13.1. The quantitative estimate of drug-likeness (QED) is 0.861. The predicted molar refractivity (Wildman–Crippen MR) is 83.6 cm³/mol. The van der Waals surface area contributed by atoms with Crippen molar-refractivity contribution in [3.05, 3.63) is 35.4 Å². The summed E-state index contributed by atoms with van der Waals surface area (Å²) in [5, 5.41) is 12.1. The molecule has 2 N–H and O–H groups in total. The fraction of sp³-hybridized carbons (Fsp3) is 0.467. The second kappa shape index (κ2) is 6.49. The van der Waals surface area contributed by atoms with Crippen LogP contribution >= 0.6 is 11.8 Å². The molecular formula is C15H20N2O3S. The molecule has 1 amide bonds. The van der Waals surface area contributed by atoms with Gasteiger partial charge in [-0.25, -0.2) is 4.79 Å². The molecule has 0 bridgehead atoms. The van der Waals surface area contributed by atoms with Crippen LogP contribution in [0.25, 0.3) is 0 Å². The van der Waals surface area contributed by atoms with Crippen molar-refractivity contribution in [3.8, 4) is 0 Å². The van der Waals surface area contributed by atoms with Crippen LogP contribution in [0.15, 0.2) is 24.3 Å². The van der Waals surface area contributed by atoms with Crippen LogP contribution in [0.4, 0.5) is 0 Å². The summed E-state index contributed by atoms with van der Waals surface area (Å²) >= 11 is 1.55. The van der Waals surface area contributed by atoms with Gasteiger partial charge in [0.15, 0.2) is 0 Å². The normalized spacial score (nSPS) is 21.5. The van der Waals surface area contributed by atoms with E-state index in [1.807, 2.05) is 31.1 Å². The average Bonchev–Trinajstić information content (AvgIpc) is 2.88. The van der Waals surface area contributed by atoms with Crippen LogP contribution < -0.4 is 5.32 Å². The molecule has 1 atom stereocenters. The maximum Gasteiger partial charge on any atom is 0.330 e. The molecule has 1 fully saturated rings. The molecule has 1 aromatic rings. The van der Waals surface area contributed by atoms with Crippen molar-refractivity contribution in [2.45, 2.75) is 18.5 Å². The monoisotopic (exact) mass is 308 g/mol. The largest absolute Gasteiger partial charge is 0.479 e. The van der Waals surface area contributed by atoms with Crippen molar-refractivity contribution in [1.29, 1.82) is 0 Å². The van der Waals surface area contributed by atoms with Crippen LogP contribution in [-0.4, -0.2) is 53.0 Å². The third-order valence-electron chi connectivity index (χ3n) is 3.50. The van der Waals surface area contributed by atoms with Gasteiger partial charge in [-0.2, -0.15) is 11.8 Å². The number of amides is 1. The molecule has 1 aliphatic rings. The van der Waals surface area contributed by atoms with Crippen LogP contribution in [-0.2, 0) is 11.3 Å². The fourth-order valence-electron chi connectivity index (χ4n) is 2.30. The van der Waals surface area contributed by atoms with Crippen molar-refractivity contribution < 1.29 is 14.7 Å². The van der Waals surface area contributed by atoms with Crippen molar-refractivity contribution in [2.24, 2.45) is 0 Å². The lowest BCUT2D eigenvalue weighted by molar-refractivity contribution is -0.143. The molecule has 1 aromatic carbocycles. The molecule has 114 valence electrons. The Bertz CT molecular complexity index is 522. The Hall–Kier alpha value is -1.53. The van der Waals surface area contributed by atoms with Crippen LogP contribution in [0.1, 0.15) is 22.3 Å². The lowest BCUT2D eigenvalue weighted by Crippen LogP contribution is -2.54. The Kier molecular flexibility index (Phi) is 4.90. The molecule has 0 spiro atoms. The highest BCUT2D eigenvalue weighted by Gasteiger charge is 2.43. The molecule has 1 heterocycles. The van der Waals surface area contributed by atoms with Gasteiger partial charge in [0.1, 0.15) is 5.54 Å². The molecule has 0 saturated carbocycles. The summed E-state index contributed by atoms with van der Waals surface area (Å²) in [6.45, 7) is 0.803. The maximum absolute atomic E-state index is 12.2. The van der Waals surface area contributed by atoms with Crippen molar-refractivity contribution in [3.63, 3.8) is 0 Å². The highest BCUT2D eigenvalue weighted by molar-refractivity contribution is 7.99. The molecule has 0 aromatic heterocycles. The Labute approximate surface area is 128 Å². The number of hydrogen-bond donors (Lipinski definition) is 2. The maximum atomic E-state index is 12.2. The zero-order valence-electron chi connectivity index (χ0n) is 12.3. The Balaban J connectivity index is 2.07. The highest BCUT2D eigenvalue weighted by Crippen LogP contribution is 2.28. The van der Waals surface area contributed by atoms with Crippen LogP contribution in [0.2, 0.25) is 0 Å². The Morgan fingerprint density at radius 1 is 1.33 bits per heavy atom. The van der Waals surface area contributed by atoms with Gasteiger partial charge in [-0.05, 0) is 44.0 Å². The van der Waals surface area contributed by atoms with E-state index < -0.39 is 11.5 Å². The first-order chi connectivity index (χ1) is 9.93. The number of nitrogens with one attached hydrogen (secondary N) is 1. The van der Waals surface area contributed by atoms with E-state index in [0.29, 0.717) is 17.7 Å². The summed E-state index contributed by atoms with van der Waals surface area (Å²) in [5.41, 5.74) is 0.486. The van der Waals surface area contributed by atoms with E-state index in [1.54, 1.807) is 23.9 Å². The Morgan fingerprint density at radius 2 is 2.00 bits per heavy atom. The second-order valence-corrected chi connectivity index (χ2v) is 6.68. The number of nitrogens with zero attached hydrogens (tertiary/aromatic N) is 1. The molecule has 6 heteroatoms. The smallest absolute Gasteiger partial charge is 0.330 e. The number of carboxylic acids is 1. The van der Waals surface area contributed by atoms with Gasteiger partial charge < -0.3 is 15.3 Å². The first kappa shape index (κ1) is 15.9. The summed E-state index contributed by atoms with van der Waals surface area (Å²) in [5.74, 6) is -0.0948. The summed E-state index contributed by atoms with van der Waals surface area (Å²) in [7, 11) is 3.96. The summed E-state index contributed by atoms with van der Waals surface area (Å²) in [6.07, 6.45) is 0.470. The summed E-state index contributed by atoms with van der Waals surface area (Å²) < 4.78 is 0. The third-order valence-corrected chi connectivity index (χ3v) is 4.69. The minimum Gasteiger partial charge on any atom is -0.479 e. The number of hydrogen-bond acceptors (Lipinski definition) is 4. The number of aliphatic carboxylic acids is 1.